The van der Waals surface area contributed by atoms with Crippen LogP contribution in [0.5, 0.6) is 0 Å². The Morgan fingerprint density at radius 2 is 2.26 bits per heavy atom. The topological polar surface area (TPSA) is 84.3 Å². The molecule has 0 bridgehead atoms. The highest BCUT2D eigenvalue weighted by molar-refractivity contribution is 5.92. The Bertz CT molecular complexity index is 508. The molecule has 100 valence electrons. The normalized spacial score (nSPS) is 18.6. The van der Waals surface area contributed by atoms with Gasteiger partial charge in [-0.1, -0.05) is 12.1 Å². The van der Waals surface area contributed by atoms with Crippen molar-refractivity contribution in [2.75, 3.05) is 13.1 Å². The van der Waals surface area contributed by atoms with Crippen molar-refractivity contribution in [3.05, 3.63) is 46.0 Å². The van der Waals surface area contributed by atoms with Gasteiger partial charge in [0.25, 0.3) is 5.69 Å². The number of para-hydroxylation sites is 1. The van der Waals surface area contributed by atoms with E-state index in [-0.39, 0.29) is 17.6 Å². The second kappa shape index (κ2) is 6.10. The number of nitro benzene ring substituents is 1. The Morgan fingerprint density at radius 3 is 2.95 bits per heavy atom. The van der Waals surface area contributed by atoms with Crippen LogP contribution in [-0.4, -0.2) is 30.0 Å². The molecule has 0 spiro atoms. The van der Waals surface area contributed by atoms with Crippen LogP contribution in [0.15, 0.2) is 30.3 Å². The van der Waals surface area contributed by atoms with Gasteiger partial charge in [-0.15, -0.1) is 0 Å². The maximum absolute atomic E-state index is 11.7. The first-order valence-electron chi connectivity index (χ1n) is 6.09. The van der Waals surface area contributed by atoms with E-state index in [1.807, 2.05) is 0 Å². The van der Waals surface area contributed by atoms with Crippen LogP contribution < -0.4 is 10.6 Å². The average Bonchev–Trinajstić information content (AvgIpc) is 2.89. The summed E-state index contributed by atoms with van der Waals surface area (Å²) >= 11 is 0. The van der Waals surface area contributed by atoms with Gasteiger partial charge in [-0.2, -0.15) is 0 Å². The molecular formula is C13H15N3O3. The third-order valence-electron chi connectivity index (χ3n) is 2.95. The van der Waals surface area contributed by atoms with Crippen molar-refractivity contribution in [1.29, 1.82) is 0 Å². The molecule has 0 saturated carbocycles. The second-order valence-electron chi connectivity index (χ2n) is 4.35. The predicted molar refractivity (Wildman–Crippen MR) is 71.5 cm³/mol. The molecule has 1 aliphatic rings. The Morgan fingerprint density at radius 1 is 1.47 bits per heavy atom. The number of carbonyl (C=O) groups excluding carboxylic acids is 1. The summed E-state index contributed by atoms with van der Waals surface area (Å²) in [7, 11) is 0. The van der Waals surface area contributed by atoms with Crippen molar-refractivity contribution < 1.29 is 9.72 Å². The Kier molecular flexibility index (Phi) is 4.25. The number of hydrogen-bond acceptors (Lipinski definition) is 4. The number of nitrogens with zero attached hydrogens (tertiary/aromatic N) is 1. The molecule has 1 saturated heterocycles. The largest absolute Gasteiger partial charge is 0.348 e. The van der Waals surface area contributed by atoms with Crippen LogP contribution in [0, 0.1) is 10.1 Å². The van der Waals surface area contributed by atoms with Crippen LogP contribution in [0.4, 0.5) is 5.69 Å². The van der Waals surface area contributed by atoms with E-state index >= 15 is 0 Å². The molecule has 2 N–H and O–H groups in total. The molecule has 19 heavy (non-hydrogen) atoms. The van der Waals surface area contributed by atoms with Crippen LogP contribution in [-0.2, 0) is 4.79 Å². The van der Waals surface area contributed by atoms with Crippen LogP contribution in [0.1, 0.15) is 12.0 Å². The molecule has 0 aromatic heterocycles. The minimum atomic E-state index is -0.460. The maximum atomic E-state index is 11.7. The Labute approximate surface area is 110 Å². The number of carbonyl (C=O) groups is 1. The number of hydrogen-bond donors (Lipinski definition) is 2. The van der Waals surface area contributed by atoms with Gasteiger partial charge in [0, 0.05) is 24.7 Å². The molecule has 1 heterocycles. The summed E-state index contributed by atoms with van der Waals surface area (Å²) in [6, 6.07) is 6.46. The lowest BCUT2D eigenvalue weighted by Crippen LogP contribution is -2.34. The number of benzene rings is 1. The molecular weight excluding hydrogens is 246 g/mol. The summed E-state index contributed by atoms with van der Waals surface area (Å²) in [5, 5.41) is 16.8. The van der Waals surface area contributed by atoms with E-state index in [1.165, 1.54) is 18.2 Å². The standard InChI is InChI=1S/C13H15N3O3/c17-13(15-11-7-8-14-9-11)6-5-10-3-1-2-4-12(10)16(18)19/h1-6,11,14H,7-9H2,(H,15,17)/t11-/m1/s1. The third-order valence-corrected chi connectivity index (χ3v) is 2.95. The lowest BCUT2D eigenvalue weighted by Gasteiger charge is -2.08. The molecule has 1 aromatic carbocycles. The molecule has 1 aliphatic heterocycles. The van der Waals surface area contributed by atoms with Gasteiger partial charge < -0.3 is 10.6 Å². The van der Waals surface area contributed by atoms with Crippen LogP contribution in [0.2, 0.25) is 0 Å². The first-order valence-corrected chi connectivity index (χ1v) is 6.09. The highest BCUT2D eigenvalue weighted by Crippen LogP contribution is 2.18. The van der Waals surface area contributed by atoms with Crippen molar-refractivity contribution in [1.82, 2.24) is 10.6 Å². The van der Waals surface area contributed by atoms with E-state index in [9.17, 15) is 14.9 Å². The summed E-state index contributed by atoms with van der Waals surface area (Å²) in [5.41, 5.74) is 0.418. The van der Waals surface area contributed by atoms with Crippen molar-refractivity contribution in [2.45, 2.75) is 12.5 Å². The zero-order chi connectivity index (χ0) is 13.7. The van der Waals surface area contributed by atoms with Crippen LogP contribution in [0.25, 0.3) is 6.08 Å². The second-order valence-corrected chi connectivity index (χ2v) is 4.35. The van der Waals surface area contributed by atoms with Gasteiger partial charge in [0.05, 0.1) is 10.5 Å². The summed E-state index contributed by atoms with van der Waals surface area (Å²) in [6.45, 7) is 1.67. The van der Waals surface area contributed by atoms with E-state index in [4.69, 9.17) is 0 Å². The lowest BCUT2D eigenvalue weighted by molar-refractivity contribution is -0.385. The predicted octanol–water partition coefficient (Wildman–Crippen LogP) is 1.09. The van der Waals surface area contributed by atoms with E-state index < -0.39 is 4.92 Å². The SMILES string of the molecule is O=C(C=Cc1ccccc1[N+](=O)[O-])N[C@@H]1CCNC1. The zero-order valence-electron chi connectivity index (χ0n) is 10.3. The van der Waals surface area contributed by atoms with Crippen molar-refractivity contribution in [3.63, 3.8) is 0 Å². The monoisotopic (exact) mass is 261 g/mol. The Balaban J connectivity index is 2.01. The number of rotatable bonds is 4. The number of nitrogens with one attached hydrogen (secondary N) is 2. The van der Waals surface area contributed by atoms with Gasteiger partial charge in [-0.25, -0.2) is 0 Å². The van der Waals surface area contributed by atoms with Gasteiger partial charge in [0.1, 0.15) is 0 Å². The third kappa shape index (κ3) is 3.62. The van der Waals surface area contributed by atoms with E-state index in [0.717, 1.165) is 19.5 Å². The first-order chi connectivity index (χ1) is 9.16. The molecule has 1 atom stereocenters. The molecule has 0 unspecified atom stereocenters. The van der Waals surface area contributed by atoms with E-state index in [0.29, 0.717) is 5.56 Å². The van der Waals surface area contributed by atoms with E-state index in [2.05, 4.69) is 10.6 Å². The van der Waals surface area contributed by atoms with Gasteiger partial charge in [-0.05, 0) is 25.1 Å². The molecule has 0 radical (unpaired) electrons. The fourth-order valence-corrected chi connectivity index (χ4v) is 1.99. The van der Waals surface area contributed by atoms with Gasteiger partial charge in [0.2, 0.25) is 5.91 Å². The minimum Gasteiger partial charge on any atom is -0.348 e. The van der Waals surface area contributed by atoms with Gasteiger partial charge in [0.15, 0.2) is 0 Å². The number of nitro groups is 1. The smallest absolute Gasteiger partial charge is 0.276 e. The fraction of sp³-hybridized carbons (Fsp3) is 0.308. The summed E-state index contributed by atoms with van der Waals surface area (Å²) in [5.74, 6) is -0.230. The molecule has 2 rings (SSSR count). The summed E-state index contributed by atoms with van der Waals surface area (Å²) in [4.78, 5) is 22.0. The fourth-order valence-electron chi connectivity index (χ4n) is 1.99. The first kappa shape index (κ1) is 13.2. The van der Waals surface area contributed by atoms with Crippen LogP contribution >= 0.6 is 0 Å². The minimum absolute atomic E-state index is 0.00548. The van der Waals surface area contributed by atoms with Gasteiger partial charge >= 0.3 is 0 Å². The van der Waals surface area contributed by atoms with Gasteiger partial charge in [-0.3, -0.25) is 14.9 Å². The molecule has 1 fully saturated rings. The van der Waals surface area contributed by atoms with Crippen molar-refractivity contribution >= 4 is 17.7 Å². The summed E-state index contributed by atoms with van der Waals surface area (Å²) < 4.78 is 0. The number of amides is 1. The van der Waals surface area contributed by atoms with Crippen molar-refractivity contribution in [3.8, 4) is 0 Å². The lowest BCUT2D eigenvalue weighted by atomic mass is 10.1. The molecule has 1 aromatic rings. The molecule has 1 amide bonds. The van der Waals surface area contributed by atoms with Crippen LogP contribution in [0.3, 0.4) is 0 Å². The highest BCUT2D eigenvalue weighted by atomic mass is 16.6. The zero-order valence-corrected chi connectivity index (χ0v) is 10.3. The summed E-state index contributed by atoms with van der Waals surface area (Å²) in [6.07, 6.45) is 3.71. The highest BCUT2D eigenvalue weighted by Gasteiger charge is 2.15. The maximum Gasteiger partial charge on any atom is 0.276 e. The quantitative estimate of drug-likeness (QED) is 0.482. The molecule has 6 nitrogen and oxygen atoms in total. The Hall–Kier alpha value is -2.21. The van der Waals surface area contributed by atoms with E-state index in [1.54, 1.807) is 18.2 Å². The van der Waals surface area contributed by atoms with Crippen molar-refractivity contribution in [2.24, 2.45) is 0 Å². The average molecular weight is 261 g/mol. The molecule has 6 heteroatoms. The molecule has 0 aliphatic carbocycles.